The Morgan fingerprint density at radius 1 is 1.24 bits per heavy atom. The Morgan fingerprint density at radius 3 is 2.81 bits per heavy atom. The molecule has 21 heavy (non-hydrogen) atoms. The van der Waals surface area contributed by atoms with Crippen LogP contribution in [0.25, 0.3) is 22.1 Å². The second-order valence-corrected chi connectivity index (χ2v) is 4.44. The molecule has 0 bridgehead atoms. The molecule has 0 atom stereocenters. The van der Waals surface area contributed by atoms with E-state index in [1.54, 1.807) is 13.0 Å². The molecule has 2 heterocycles. The highest BCUT2D eigenvalue weighted by molar-refractivity contribution is 6.06. The minimum absolute atomic E-state index is 0.222. The third-order valence-corrected chi connectivity index (χ3v) is 3.08. The zero-order valence-corrected chi connectivity index (χ0v) is 11.9. The second-order valence-electron chi connectivity index (χ2n) is 4.44. The molecule has 0 radical (unpaired) electrons. The van der Waals surface area contributed by atoms with Crippen LogP contribution in [-0.2, 0) is 4.74 Å². The molecular weight excluding hydrogens is 270 g/mol. The number of nitrogens with zero attached hydrogens (tertiary/aromatic N) is 1. The van der Waals surface area contributed by atoms with E-state index in [-0.39, 0.29) is 5.69 Å². The number of furan rings is 1. The Morgan fingerprint density at radius 2 is 2.05 bits per heavy atom. The Balaban J connectivity index is 2.27. The minimum atomic E-state index is -0.467. The van der Waals surface area contributed by atoms with E-state index in [9.17, 15) is 4.79 Å². The zero-order valence-electron chi connectivity index (χ0n) is 11.9. The second kappa shape index (κ2) is 5.44. The van der Waals surface area contributed by atoms with Crippen LogP contribution in [0, 0.1) is 0 Å². The summed E-state index contributed by atoms with van der Waals surface area (Å²) < 4.78 is 16.4. The van der Waals surface area contributed by atoms with Crippen molar-refractivity contribution in [1.29, 1.82) is 0 Å². The van der Waals surface area contributed by atoms with E-state index in [1.165, 1.54) is 0 Å². The Bertz CT molecular complexity index is 806. The third kappa shape index (κ3) is 2.31. The standard InChI is InChI=1S/C16H15NO4/c1-3-19-13-9-11(16(18)20-4-2)17-14-10-7-5-6-8-12(10)21-15(13)14/h5-9H,3-4H2,1-2H3. The summed E-state index contributed by atoms with van der Waals surface area (Å²) >= 11 is 0. The first-order valence-corrected chi connectivity index (χ1v) is 6.86. The number of para-hydroxylation sites is 1. The molecule has 5 heteroatoms. The van der Waals surface area contributed by atoms with Gasteiger partial charge >= 0.3 is 5.97 Å². The molecular formula is C16H15NO4. The summed E-state index contributed by atoms with van der Waals surface area (Å²) in [5, 5.41) is 0.847. The molecule has 2 aromatic heterocycles. The molecule has 0 aliphatic heterocycles. The average molecular weight is 285 g/mol. The number of fused-ring (bicyclic) bond motifs is 3. The van der Waals surface area contributed by atoms with E-state index in [1.807, 2.05) is 31.2 Å². The van der Waals surface area contributed by atoms with Crippen LogP contribution in [0.2, 0.25) is 0 Å². The normalized spacial score (nSPS) is 11.0. The molecule has 0 spiro atoms. The van der Waals surface area contributed by atoms with Crippen LogP contribution >= 0.6 is 0 Å². The number of hydrogen-bond donors (Lipinski definition) is 0. The van der Waals surface area contributed by atoms with Gasteiger partial charge in [0, 0.05) is 11.5 Å². The highest BCUT2D eigenvalue weighted by Crippen LogP contribution is 2.34. The molecule has 3 aromatic rings. The van der Waals surface area contributed by atoms with E-state index in [4.69, 9.17) is 13.9 Å². The number of pyridine rings is 1. The van der Waals surface area contributed by atoms with Gasteiger partial charge in [0.1, 0.15) is 11.1 Å². The zero-order chi connectivity index (χ0) is 14.8. The van der Waals surface area contributed by atoms with Crippen LogP contribution in [0.5, 0.6) is 5.75 Å². The van der Waals surface area contributed by atoms with Crippen molar-refractivity contribution in [3.05, 3.63) is 36.0 Å². The maximum Gasteiger partial charge on any atom is 0.357 e. The van der Waals surface area contributed by atoms with Gasteiger partial charge in [0.2, 0.25) is 0 Å². The van der Waals surface area contributed by atoms with Crippen LogP contribution < -0.4 is 4.74 Å². The van der Waals surface area contributed by atoms with Crippen molar-refractivity contribution in [3.8, 4) is 5.75 Å². The summed E-state index contributed by atoms with van der Waals surface area (Å²) in [5.74, 6) is 0.0346. The van der Waals surface area contributed by atoms with Crippen LogP contribution in [0.4, 0.5) is 0 Å². The first-order chi connectivity index (χ1) is 10.2. The van der Waals surface area contributed by atoms with Crippen molar-refractivity contribution in [1.82, 2.24) is 4.98 Å². The Kier molecular flexibility index (Phi) is 3.48. The lowest BCUT2D eigenvalue weighted by molar-refractivity contribution is 0.0519. The van der Waals surface area contributed by atoms with Crippen molar-refractivity contribution in [2.45, 2.75) is 13.8 Å². The number of esters is 1. The number of ether oxygens (including phenoxy) is 2. The third-order valence-electron chi connectivity index (χ3n) is 3.08. The van der Waals surface area contributed by atoms with Gasteiger partial charge in [-0.3, -0.25) is 0 Å². The SMILES string of the molecule is CCOC(=O)c1cc(OCC)c2oc3ccccc3c2n1. The van der Waals surface area contributed by atoms with Crippen molar-refractivity contribution in [3.63, 3.8) is 0 Å². The molecule has 0 fully saturated rings. The van der Waals surface area contributed by atoms with Crippen molar-refractivity contribution >= 4 is 28.0 Å². The smallest absolute Gasteiger partial charge is 0.357 e. The monoisotopic (exact) mass is 285 g/mol. The first kappa shape index (κ1) is 13.4. The summed E-state index contributed by atoms with van der Waals surface area (Å²) in [6.07, 6.45) is 0. The van der Waals surface area contributed by atoms with Crippen LogP contribution in [-0.4, -0.2) is 24.2 Å². The van der Waals surface area contributed by atoms with Gasteiger partial charge in [0.15, 0.2) is 17.0 Å². The number of benzene rings is 1. The van der Waals surface area contributed by atoms with Gasteiger partial charge in [-0.05, 0) is 26.0 Å². The number of rotatable bonds is 4. The lowest BCUT2D eigenvalue weighted by atomic mass is 10.2. The Hall–Kier alpha value is -2.56. The molecule has 0 saturated carbocycles. The lowest BCUT2D eigenvalue weighted by Crippen LogP contribution is -2.07. The van der Waals surface area contributed by atoms with Crippen molar-refractivity contribution < 1.29 is 18.7 Å². The molecule has 0 aliphatic carbocycles. The van der Waals surface area contributed by atoms with Crippen molar-refractivity contribution in [2.75, 3.05) is 13.2 Å². The molecule has 3 rings (SSSR count). The molecule has 0 unspecified atom stereocenters. The molecule has 5 nitrogen and oxygen atoms in total. The summed E-state index contributed by atoms with van der Waals surface area (Å²) in [5.41, 5.74) is 2.09. The predicted molar refractivity (Wildman–Crippen MR) is 78.6 cm³/mol. The van der Waals surface area contributed by atoms with Gasteiger partial charge in [0.25, 0.3) is 0 Å². The fourth-order valence-electron chi connectivity index (χ4n) is 2.22. The van der Waals surface area contributed by atoms with E-state index >= 15 is 0 Å². The fourth-order valence-corrected chi connectivity index (χ4v) is 2.22. The van der Waals surface area contributed by atoms with Gasteiger partial charge in [0.05, 0.1) is 13.2 Å². The molecule has 1 aromatic carbocycles. The Labute approximate surface area is 121 Å². The largest absolute Gasteiger partial charge is 0.490 e. The summed E-state index contributed by atoms with van der Waals surface area (Å²) in [7, 11) is 0. The molecule has 0 aliphatic rings. The van der Waals surface area contributed by atoms with Gasteiger partial charge in [-0.15, -0.1) is 0 Å². The van der Waals surface area contributed by atoms with E-state index in [0.717, 1.165) is 5.39 Å². The number of aromatic nitrogens is 1. The van der Waals surface area contributed by atoms with Gasteiger partial charge in [-0.1, -0.05) is 12.1 Å². The van der Waals surface area contributed by atoms with Gasteiger partial charge in [-0.2, -0.15) is 0 Å². The minimum Gasteiger partial charge on any atom is -0.490 e. The van der Waals surface area contributed by atoms with Crippen LogP contribution in [0.1, 0.15) is 24.3 Å². The predicted octanol–water partition coefficient (Wildman–Crippen LogP) is 3.56. The number of carbonyl (C=O) groups excluding carboxylic acids is 1. The molecule has 0 saturated heterocycles. The van der Waals surface area contributed by atoms with E-state index < -0.39 is 5.97 Å². The quantitative estimate of drug-likeness (QED) is 0.686. The average Bonchev–Trinajstić information content (AvgIpc) is 2.87. The number of hydrogen-bond acceptors (Lipinski definition) is 5. The van der Waals surface area contributed by atoms with E-state index in [2.05, 4.69) is 4.98 Å². The fraction of sp³-hybridized carbons (Fsp3) is 0.250. The maximum absolute atomic E-state index is 11.9. The van der Waals surface area contributed by atoms with Crippen LogP contribution in [0.15, 0.2) is 34.7 Å². The molecule has 108 valence electrons. The highest BCUT2D eigenvalue weighted by atomic mass is 16.5. The summed E-state index contributed by atoms with van der Waals surface area (Å²) in [6.45, 7) is 4.40. The van der Waals surface area contributed by atoms with Crippen LogP contribution in [0.3, 0.4) is 0 Å². The summed E-state index contributed by atoms with van der Waals surface area (Å²) in [4.78, 5) is 16.3. The van der Waals surface area contributed by atoms with Crippen molar-refractivity contribution in [2.24, 2.45) is 0 Å². The van der Waals surface area contributed by atoms with E-state index in [0.29, 0.717) is 35.6 Å². The van der Waals surface area contributed by atoms with Gasteiger partial charge in [-0.25, -0.2) is 9.78 Å². The molecule has 0 amide bonds. The maximum atomic E-state index is 11.9. The topological polar surface area (TPSA) is 61.6 Å². The summed E-state index contributed by atoms with van der Waals surface area (Å²) in [6, 6.07) is 9.11. The lowest BCUT2D eigenvalue weighted by Gasteiger charge is -2.06. The molecule has 0 N–H and O–H groups in total. The highest BCUT2D eigenvalue weighted by Gasteiger charge is 2.18. The number of carbonyl (C=O) groups is 1. The first-order valence-electron chi connectivity index (χ1n) is 6.86. The van der Waals surface area contributed by atoms with Gasteiger partial charge < -0.3 is 13.9 Å².